The number of aryl methyl sites for hydroxylation is 2. The molecule has 2 aliphatic rings. The van der Waals surface area contributed by atoms with E-state index >= 15 is 0 Å². The van der Waals surface area contributed by atoms with Crippen molar-refractivity contribution in [3.05, 3.63) is 34.8 Å². The van der Waals surface area contributed by atoms with Crippen LogP contribution >= 0.6 is 0 Å². The molecule has 1 fully saturated rings. The zero-order valence-corrected chi connectivity index (χ0v) is 14.2. The first-order chi connectivity index (χ1) is 12.1. The Hall–Kier alpha value is -2.68. The first-order valence-electron chi connectivity index (χ1n) is 8.17. The van der Waals surface area contributed by atoms with E-state index in [0.717, 1.165) is 11.3 Å². The highest BCUT2D eigenvalue weighted by Crippen LogP contribution is 2.28. The lowest BCUT2D eigenvalue weighted by molar-refractivity contribution is 0.0297. The van der Waals surface area contributed by atoms with Gasteiger partial charge in [-0.05, 0) is 6.92 Å². The molecule has 1 saturated heterocycles. The first kappa shape index (κ1) is 15.8. The monoisotopic (exact) mass is 345 g/mol. The quantitative estimate of drug-likeness (QED) is 0.779. The smallest absolute Gasteiger partial charge is 0.292 e. The molecule has 0 aliphatic carbocycles. The number of amides is 2. The molecule has 9 nitrogen and oxygen atoms in total. The van der Waals surface area contributed by atoms with Gasteiger partial charge >= 0.3 is 0 Å². The van der Waals surface area contributed by atoms with Crippen molar-refractivity contribution in [3.63, 3.8) is 0 Å². The Morgan fingerprint density at radius 2 is 1.88 bits per heavy atom. The van der Waals surface area contributed by atoms with Crippen LogP contribution in [-0.4, -0.2) is 62.7 Å². The summed E-state index contributed by atoms with van der Waals surface area (Å²) >= 11 is 0. The molecule has 2 amide bonds. The molecule has 0 unspecified atom stereocenters. The van der Waals surface area contributed by atoms with Crippen LogP contribution in [0.2, 0.25) is 0 Å². The Labute approximate surface area is 144 Å². The minimum Gasteiger partial charge on any atom is -0.438 e. The van der Waals surface area contributed by atoms with Crippen LogP contribution in [0.3, 0.4) is 0 Å². The molecule has 0 atom stereocenters. The van der Waals surface area contributed by atoms with Crippen molar-refractivity contribution in [2.24, 2.45) is 7.05 Å². The minimum atomic E-state index is -0.226. The van der Waals surface area contributed by atoms with E-state index in [4.69, 9.17) is 9.15 Å². The Kier molecular flexibility index (Phi) is 3.79. The minimum absolute atomic E-state index is 0.106. The van der Waals surface area contributed by atoms with Gasteiger partial charge in [0.2, 0.25) is 5.76 Å². The van der Waals surface area contributed by atoms with Gasteiger partial charge in [-0.3, -0.25) is 14.3 Å². The summed E-state index contributed by atoms with van der Waals surface area (Å²) in [6.45, 7) is 4.66. The summed E-state index contributed by atoms with van der Waals surface area (Å²) in [6, 6.07) is 0. The number of oxazole rings is 1. The van der Waals surface area contributed by atoms with Crippen molar-refractivity contribution in [2.75, 3.05) is 26.3 Å². The summed E-state index contributed by atoms with van der Waals surface area (Å²) in [4.78, 5) is 32.8. The summed E-state index contributed by atoms with van der Waals surface area (Å²) in [6.07, 6.45) is 1.26. The molecule has 2 aromatic rings. The number of aromatic nitrogens is 3. The van der Waals surface area contributed by atoms with Crippen LogP contribution in [-0.2, 0) is 24.9 Å². The van der Waals surface area contributed by atoms with Gasteiger partial charge < -0.3 is 19.0 Å². The second-order valence-corrected chi connectivity index (χ2v) is 6.23. The Balaban J connectivity index is 1.58. The van der Waals surface area contributed by atoms with Gasteiger partial charge in [0.15, 0.2) is 12.1 Å². The average molecular weight is 345 g/mol. The van der Waals surface area contributed by atoms with Crippen molar-refractivity contribution in [1.82, 2.24) is 24.6 Å². The first-order valence-corrected chi connectivity index (χ1v) is 8.17. The Bertz CT molecular complexity index is 834. The molecule has 4 rings (SSSR count). The molecule has 2 aromatic heterocycles. The van der Waals surface area contributed by atoms with Crippen LogP contribution in [0.15, 0.2) is 10.8 Å². The molecular weight excluding hydrogens is 326 g/mol. The third-order valence-electron chi connectivity index (χ3n) is 4.69. The maximum Gasteiger partial charge on any atom is 0.292 e. The SMILES string of the molecule is Cc1ncoc1C(=O)N1Cc2c(C(=O)N3CCOCC3)nn(C)c2C1. The molecular formula is C16H19N5O4. The zero-order valence-electron chi connectivity index (χ0n) is 14.2. The predicted octanol–water partition coefficient (Wildman–Crippen LogP) is 0.345. The highest BCUT2D eigenvalue weighted by Gasteiger charge is 2.35. The number of hydrogen-bond acceptors (Lipinski definition) is 6. The lowest BCUT2D eigenvalue weighted by atomic mass is 10.2. The maximum atomic E-state index is 12.8. The van der Waals surface area contributed by atoms with E-state index in [9.17, 15) is 9.59 Å². The zero-order chi connectivity index (χ0) is 17.6. The fourth-order valence-electron chi connectivity index (χ4n) is 3.28. The third-order valence-corrected chi connectivity index (χ3v) is 4.69. The van der Waals surface area contributed by atoms with Crippen molar-refractivity contribution in [1.29, 1.82) is 0 Å². The average Bonchev–Trinajstić information content (AvgIpc) is 3.31. The number of ether oxygens (including phenoxy) is 1. The van der Waals surface area contributed by atoms with Gasteiger partial charge in [0.25, 0.3) is 11.8 Å². The standard InChI is InChI=1S/C16H19N5O4/c1-10-14(25-9-17-10)16(23)21-7-11-12(8-21)19(2)18-13(11)15(22)20-3-5-24-6-4-20/h9H,3-8H2,1-2H3. The highest BCUT2D eigenvalue weighted by atomic mass is 16.5. The molecule has 4 heterocycles. The van der Waals surface area contributed by atoms with Crippen LogP contribution in [0, 0.1) is 6.92 Å². The number of fused-ring (bicyclic) bond motifs is 1. The molecule has 0 spiro atoms. The van der Waals surface area contributed by atoms with Gasteiger partial charge in [-0.2, -0.15) is 5.10 Å². The van der Waals surface area contributed by atoms with E-state index in [1.54, 1.807) is 28.5 Å². The van der Waals surface area contributed by atoms with Gasteiger partial charge in [-0.1, -0.05) is 0 Å². The van der Waals surface area contributed by atoms with Crippen LogP contribution in [0.5, 0.6) is 0 Å². The highest BCUT2D eigenvalue weighted by molar-refractivity contribution is 5.96. The number of hydrogen-bond donors (Lipinski definition) is 0. The number of nitrogens with zero attached hydrogens (tertiary/aromatic N) is 5. The van der Waals surface area contributed by atoms with Crippen molar-refractivity contribution < 1.29 is 18.7 Å². The predicted molar refractivity (Wildman–Crippen MR) is 84.7 cm³/mol. The topological polar surface area (TPSA) is 93.7 Å². The Morgan fingerprint density at radius 3 is 2.56 bits per heavy atom. The number of carbonyl (C=O) groups excluding carboxylic acids is 2. The molecule has 0 saturated carbocycles. The molecule has 9 heteroatoms. The van der Waals surface area contributed by atoms with E-state index in [0.29, 0.717) is 50.8 Å². The normalized spacial score (nSPS) is 17.0. The molecule has 0 bridgehead atoms. The third kappa shape index (κ3) is 2.60. The van der Waals surface area contributed by atoms with Crippen molar-refractivity contribution >= 4 is 11.8 Å². The molecule has 0 aromatic carbocycles. The molecule has 132 valence electrons. The van der Waals surface area contributed by atoms with Crippen molar-refractivity contribution in [2.45, 2.75) is 20.0 Å². The largest absolute Gasteiger partial charge is 0.438 e. The summed E-state index contributed by atoms with van der Waals surface area (Å²) < 4.78 is 12.2. The number of rotatable bonds is 2. The van der Waals surface area contributed by atoms with Crippen LogP contribution in [0.4, 0.5) is 0 Å². The second-order valence-electron chi connectivity index (χ2n) is 6.23. The van der Waals surface area contributed by atoms with Gasteiger partial charge in [0.05, 0.1) is 37.7 Å². The number of carbonyl (C=O) groups is 2. The van der Waals surface area contributed by atoms with E-state index < -0.39 is 0 Å². The lowest BCUT2D eigenvalue weighted by Crippen LogP contribution is -2.41. The van der Waals surface area contributed by atoms with Crippen molar-refractivity contribution in [3.8, 4) is 0 Å². The number of morpholine rings is 1. The summed E-state index contributed by atoms with van der Waals surface area (Å²) in [7, 11) is 1.79. The Morgan fingerprint density at radius 1 is 1.12 bits per heavy atom. The van der Waals surface area contributed by atoms with Gasteiger partial charge in [-0.15, -0.1) is 0 Å². The maximum absolute atomic E-state index is 12.8. The van der Waals surface area contributed by atoms with E-state index in [-0.39, 0.29) is 17.6 Å². The fraction of sp³-hybridized carbons (Fsp3) is 0.500. The van der Waals surface area contributed by atoms with Gasteiger partial charge in [0.1, 0.15) is 0 Å². The van der Waals surface area contributed by atoms with E-state index in [1.807, 2.05) is 0 Å². The fourth-order valence-corrected chi connectivity index (χ4v) is 3.28. The second kappa shape index (κ2) is 5.99. The van der Waals surface area contributed by atoms with E-state index in [2.05, 4.69) is 10.1 Å². The summed E-state index contributed by atoms with van der Waals surface area (Å²) in [5, 5.41) is 4.39. The molecule has 2 aliphatic heterocycles. The van der Waals surface area contributed by atoms with Gasteiger partial charge in [-0.25, -0.2) is 4.98 Å². The van der Waals surface area contributed by atoms with Gasteiger partial charge in [0, 0.05) is 25.7 Å². The van der Waals surface area contributed by atoms with Crippen LogP contribution < -0.4 is 0 Å². The van der Waals surface area contributed by atoms with E-state index in [1.165, 1.54) is 6.39 Å². The lowest BCUT2D eigenvalue weighted by Gasteiger charge is -2.26. The van der Waals surface area contributed by atoms with Crippen LogP contribution in [0.1, 0.15) is 38.0 Å². The summed E-state index contributed by atoms with van der Waals surface area (Å²) in [5.74, 6) is -0.0944. The molecule has 0 N–H and O–H groups in total. The van der Waals surface area contributed by atoms with Crippen LogP contribution in [0.25, 0.3) is 0 Å². The molecule has 0 radical (unpaired) electrons. The molecule has 25 heavy (non-hydrogen) atoms. The summed E-state index contributed by atoms with van der Waals surface area (Å²) in [5.41, 5.74) is 2.67.